The summed E-state index contributed by atoms with van der Waals surface area (Å²) in [5.74, 6) is -0.208. The number of hydrogen-bond acceptors (Lipinski definition) is 3. The Hall–Kier alpha value is -2.62. The van der Waals surface area contributed by atoms with Gasteiger partial charge in [-0.25, -0.2) is 4.79 Å². The lowest BCUT2D eigenvalue weighted by atomic mass is 10.0. The van der Waals surface area contributed by atoms with Crippen molar-refractivity contribution in [3.05, 3.63) is 53.2 Å². The number of carbonyl (C=O) groups is 1. The van der Waals surface area contributed by atoms with E-state index in [2.05, 4.69) is 4.98 Å². The van der Waals surface area contributed by atoms with Crippen LogP contribution < -0.4 is 4.74 Å². The second-order valence-corrected chi connectivity index (χ2v) is 4.75. The quantitative estimate of drug-likeness (QED) is 0.873. The number of ether oxygens (including phenoxy) is 1. The van der Waals surface area contributed by atoms with E-state index in [1.807, 2.05) is 44.2 Å². The Kier molecular flexibility index (Phi) is 4.38. The van der Waals surface area contributed by atoms with Crippen molar-refractivity contribution >= 4 is 12.0 Å². The number of nitrogens with zero attached hydrogens (tertiary/aromatic N) is 1. The number of benzene rings is 1. The fraction of sp³-hybridized carbons (Fsp3) is 0.176. The van der Waals surface area contributed by atoms with Gasteiger partial charge in [0.05, 0.1) is 12.8 Å². The van der Waals surface area contributed by atoms with Gasteiger partial charge in [-0.1, -0.05) is 17.7 Å². The van der Waals surface area contributed by atoms with Crippen LogP contribution in [0.3, 0.4) is 0 Å². The Labute approximate surface area is 123 Å². The highest BCUT2D eigenvalue weighted by Gasteiger charge is 2.09. The Bertz CT molecular complexity index is 705. The van der Waals surface area contributed by atoms with Crippen LogP contribution in [0.5, 0.6) is 5.75 Å². The van der Waals surface area contributed by atoms with Gasteiger partial charge in [0.15, 0.2) is 0 Å². The summed E-state index contributed by atoms with van der Waals surface area (Å²) in [5, 5.41) is 8.67. The van der Waals surface area contributed by atoms with Crippen molar-refractivity contribution < 1.29 is 14.6 Å². The van der Waals surface area contributed by atoms with Gasteiger partial charge in [-0.05, 0) is 43.7 Å². The Morgan fingerprint density at radius 2 is 2.00 bits per heavy atom. The molecular formula is C17H17NO3. The first kappa shape index (κ1) is 14.8. The highest BCUT2D eigenvalue weighted by Crippen LogP contribution is 2.30. The largest absolute Gasteiger partial charge is 0.496 e. The van der Waals surface area contributed by atoms with E-state index >= 15 is 0 Å². The first-order chi connectivity index (χ1) is 10.0. The van der Waals surface area contributed by atoms with Crippen molar-refractivity contribution in [2.75, 3.05) is 7.11 Å². The summed E-state index contributed by atoms with van der Waals surface area (Å²) in [7, 11) is 1.63. The monoisotopic (exact) mass is 283 g/mol. The molecule has 2 aromatic rings. The van der Waals surface area contributed by atoms with Crippen LogP contribution >= 0.6 is 0 Å². The van der Waals surface area contributed by atoms with Gasteiger partial charge in [0.1, 0.15) is 5.75 Å². The van der Waals surface area contributed by atoms with Crippen LogP contribution in [0.25, 0.3) is 17.3 Å². The third-order valence-corrected chi connectivity index (χ3v) is 3.16. The van der Waals surface area contributed by atoms with E-state index in [1.54, 1.807) is 13.2 Å². The predicted molar refractivity (Wildman–Crippen MR) is 82.4 cm³/mol. The zero-order chi connectivity index (χ0) is 15.4. The molecule has 0 saturated heterocycles. The summed E-state index contributed by atoms with van der Waals surface area (Å²) in [6.07, 6.45) is 2.65. The van der Waals surface area contributed by atoms with Gasteiger partial charge in [0.25, 0.3) is 0 Å². The third-order valence-electron chi connectivity index (χ3n) is 3.16. The van der Waals surface area contributed by atoms with E-state index < -0.39 is 5.97 Å². The van der Waals surface area contributed by atoms with Crippen LogP contribution in [-0.2, 0) is 4.79 Å². The zero-order valence-corrected chi connectivity index (χ0v) is 12.3. The minimum atomic E-state index is -0.973. The molecule has 0 aliphatic carbocycles. The molecule has 0 amide bonds. The molecule has 1 aromatic carbocycles. The SMILES string of the molecule is COc1ccc(C)cc1-c1ccc(/C=C/C(=O)O)c(C)n1. The number of aliphatic carboxylic acids is 1. The van der Waals surface area contributed by atoms with Gasteiger partial charge in [0, 0.05) is 17.3 Å². The number of carboxylic acids is 1. The lowest BCUT2D eigenvalue weighted by Gasteiger charge is -2.10. The molecule has 4 nitrogen and oxygen atoms in total. The van der Waals surface area contributed by atoms with Crippen LogP contribution in [-0.4, -0.2) is 23.2 Å². The average Bonchev–Trinajstić information content (AvgIpc) is 2.45. The molecule has 0 bridgehead atoms. The van der Waals surface area contributed by atoms with Gasteiger partial charge in [-0.3, -0.25) is 4.98 Å². The maximum absolute atomic E-state index is 10.6. The maximum atomic E-state index is 10.6. The maximum Gasteiger partial charge on any atom is 0.328 e. The van der Waals surface area contributed by atoms with Gasteiger partial charge in [0.2, 0.25) is 0 Å². The van der Waals surface area contributed by atoms with Crippen LogP contribution in [0.4, 0.5) is 0 Å². The Balaban J connectivity index is 2.45. The van der Waals surface area contributed by atoms with Crippen molar-refractivity contribution in [3.63, 3.8) is 0 Å². The highest BCUT2D eigenvalue weighted by molar-refractivity contribution is 5.85. The standard InChI is InChI=1S/C17H17NO3/c1-11-4-8-16(21-3)14(10-11)15-7-5-13(12(2)18-15)6-9-17(19)20/h4-10H,1-3H3,(H,19,20)/b9-6+. The van der Waals surface area contributed by atoms with Crippen LogP contribution in [0, 0.1) is 13.8 Å². The normalized spacial score (nSPS) is 10.8. The molecule has 0 aliphatic heterocycles. The Morgan fingerprint density at radius 3 is 2.62 bits per heavy atom. The minimum absolute atomic E-state index is 0.765. The molecule has 1 N–H and O–H groups in total. The molecule has 0 aliphatic rings. The van der Waals surface area contributed by atoms with E-state index in [1.165, 1.54) is 0 Å². The van der Waals surface area contributed by atoms with E-state index in [9.17, 15) is 4.79 Å². The number of hydrogen-bond donors (Lipinski definition) is 1. The summed E-state index contributed by atoms with van der Waals surface area (Å²) < 4.78 is 5.37. The van der Waals surface area contributed by atoms with E-state index in [0.717, 1.165) is 39.9 Å². The smallest absolute Gasteiger partial charge is 0.328 e. The van der Waals surface area contributed by atoms with Gasteiger partial charge < -0.3 is 9.84 Å². The summed E-state index contributed by atoms with van der Waals surface area (Å²) in [6.45, 7) is 3.87. The zero-order valence-electron chi connectivity index (χ0n) is 12.3. The van der Waals surface area contributed by atoms with Crippen LogP contribution in [0.2, 0.25) is 0 Å². The van der Waals surface area contributed by atoms with E-state index in [4.69, 9.17) is 9.84 Å². The van der Waals surface area contributed by atoms with Gasteiger partial charge >= 0.3 is 5.97 Å². The molecule has 1 heterocycles. The minimum Gasteiger partial charge on any atom is -0.496 e. The van der Waals surface area contributed by atoms with Crippen molar-refractivity contribution in [2.45, 2.75) is 13.8 Å². The highest BCUT2D eigenvalue weighted by atomic mass is 16.5. The molecule has 108 valence electrons. The molecule has 0 saturated carbocycles. The first-order valence-electron chi connectivity index (χ1n) is 6.55. The lowest BCUT2D eigenvalue weighted by Crippen LogP contribution is -1.94. The number of rotatable bonds is 4. The topological polar surface area (TPSA) is 59.4 Å². The number of aromatic nitrogens is 1. The fourth-order valence-corrected chi connectivity index (χ4v) is 2.08. The number of methoxy groups -OCH3 is 1. The molecule has 2 rings (SSSR count). The molecule has 0 fully saturated rings. The predicted octanol–water partition coefficient (Wildman–Crippen LogP) is 3.47. The summed E-state index contributed by atoms with van der Waals surface area (Å²) in [4.78, 5) is 15.1. The van der Waals surface area contributed by atoms with Crippen molar-refractivity contribution in [3.8, 4) is 17.0 Å². The summed E-state index contributed by atoms with van der Waals surface area (Å²) >= 11 is 0. The molecule has 0 atom stereocenters. The third kappa shape index (κ3) is 3.48. The fourth-order valence-electron chi connectivity index (χ4n) is 2.08. The molecular weight excluding hydrogens is 266 g/mol. The van der Waals surface area contributed by atoms with Crippen LogP contribution in [0.1, 0.15) is 16.8 Å². The van der Waals surface area contributed by atoms with Crippen LogP contribution in [0.15, 0.2) is 36.4 Å². The second-order valence-electron chi connectivity index (χ2n) is 4.75. The lowest BCUT2D eigenvalue weighted by molar-refractivity contribution is -0.131. The van der Waals surface area contributed by atoms with Crippen molar-refractivity contribution in [2.24, 2.45) is 0 Å². The first-order valence-corrected chi connectivity index (χ1v) is 6.55. The van der Waals surface area contributed by atoms with Gasteiger partial charge in [-0.2, -0.15) is 0 Å². The molecule has 0 unspecified atom stereocenters. The number of carboxylic acid groups (broad SMARTS) is 1. The number of aryl methyl sites for hydroxylation is 2. The number of pyridine rings is 1. The average molecular weight is 283 g/mol. The molecule has 0 spiro atoms. The summed E-state index contributed by atoms with van der Waals surface area (Å²) in [5.41, 5.74) is 4.41. The van der Waals surface area contributed by atoms with E-state index in [-0.39, 0.29) is 0 Å². The second kappa shape index (κ2) is 6.22. The van der Waals surface area contributed by atoms with Crippen molar-refractivity contribution in [1.29, 1.82) is 0 Å². The molecule has 1 aromatic heterocycles. The van der Waals surface area contributed by atoms with Crippen molar-refractivity contribution in [1.82, 2.24) is 4.98 Å². The van der Waals surface area contributed by atoms with Gasteiger partial charge in [-0.15, -0.1) is 0 Å². The Morgan fingerprint density at radius 1 is 1.24 bits per heavy atom. The summed E-state index contributed by atoms with van der Waals surface area (Å²) in [6, 6.07) is 9.65. The van der Waals surface area contributed by atoms with E-state index in [0.29, 0.717) is 0 Å². The molecule has 21 heavy (non-hydrogen) atoms. The molecule has 0 radical (unpaired) electrons. The molecule has 4 heteroatoms.